The van der Waals surface area contributed by atoms with Crippen LogP contribution in [-0.2, 0) is 19.4 Å². The van der Waals surface area contributed by atoms with E-state index in [-0.39, 0.29) is 5.75 Å². The molecule has 19 heavy (non-hydrogen) atoms. The summed E-state index contributed by atoms with van der Waals surface area (Å²) < 4.78 is 28.1. The highest BCUT2D eigenvalue weighted by molar-refractivity contribution is 7.92. The first-order valence-electron chi connectivity index (χ1n) is 7.25. The minimum Gasteiger partial charge on any atom is -0.468 e. The Balaban J connectivity index is 3.73. The Bertz CT molecular complexity index is 335. The lowest BCUT2D eigenvalue weighted by molar-refractivity contribution is -0.139. The highest BCUT2D eigenvalue weighted by Gasteiger charge is 2.27. The van der Waals surface area contributed by atoms with Crippen LogP contribution in [0.15, 0.2) is 0 Å². The monoisotopic (exact) mass is 292 g/mol. The second kappa shape index (κ2) is 10.2. The van der Waals surface area contributed by atoms with Crippen LogP contribution < -0.4 is 0 Å². The number of unbranched alkanes of at least 4 members (excludes halogenated alkanes) is 7. The molecule has 0 aliphatic rings. The smallest absolute Gasteiger partial charge is 0.323 e. The lowest BCUT2D eigenvalue weighted by Gasteiger charge is -2.10. The Morgan fingerprint density at radius 2 is 1.47 bits per heavy atom. The topological polar surface area (TPSA) is 60.4 Å². The minimum absolute atomic E-state index is 0.0816. The van der Waals surface area contributed by atoms with E-state index in [4.69, 9.17) is 0 Å². The van der Waals surface area contributed by atoms with Crippen LogP contribution in [0.2, 0.25) is 0 Å². The molecule has 0 aliphatic carbocycles. The number of esters is 1. The Kier molecular flexibility index (Phi) is 9.92. The quantitative estimate of drug-likeness (QED) is 0.433. The van der Waals surface area contributed by atoms with Crippen LogP contribution in [0.3, 0.4) is 0 Å². The van der Waals surface area contributed by atoms with Crippen LogP contribution >= 0.6 is 0 Å². The molecule has 5 heteroatoms. The third-order valence-corrected chi connectivity index (χ3v) is 5.48. The molecular weight excluding hydrogens is 264 g/mol. The summed E-state index contributed by atoms with van der Waals surface area (Å²) in [6, 6.07) is 0. The Morgan fingerprint density at radius 1 is 1.00 bits per heavy atom. The van der Waals surface area contributed by atoms with Crippen LogP contribution in [0.4, 0.5) is 0 Å². The average molecular weight is 292 g/mol. The number of methoxy groups -OCH3 is 1. The lowest BCUT2D eigenvalue weighted by atomic mass is 10.1. The van der Waals surface area contributed by atoms with Crippen LogP contribution in [0, 0.1) is 0 Å². The number of ether oxygens (including phenoxy) is 1. The third-order valence-electron chi connectivity index (χ3n) is 3.35. The highest BCUT2D eigenvalue weighted by Crippen LogP contribution is 2.11. The summed E-state index contributed by atoms with van der Waals surface area (Å²) in [6.45, 7) is 3.58. The number of sulfone groups is 1. The summed E-state index contributed by atoms with van der Waals surface area (Å²) >= 11 is 0. The van der Waals surface area contributed by atoms with Gasteiger partial charge in [0.1, 0.15) is 0 Å². The molecule has 0 aliphatic heterocycles. The zero-order valence-corrected chi connectivity index (χ0v) is 13.3. The van der Waals surface area contributed by atoms with Crippen molar-refractivity contribution in [2.45, 2.75) is 70.5 Å². The molecule has 0 saturated heterocycles. The van der Waals surface area contributed by atoms with Crippen molar-refractivity contribution in [3.8, 4) is 0 Å². The van der Waals surface area contributed by atoms with E-state index in [1.54, 1.807) is 0 Å². The Hall–Kier alpha value is -0.580. The fourth-order valence-corrected chi connectivity index (χ4v) is 3.28. The molecule has 4 nitrogen and oxygen atoms in total. The van der Waals surface area contributed by atoms with Gasteiger partial charge in [-0.25, -0.2) is 8.42 Å². The molecule has 0 spiro atoms. The fraction of sp³-hybridized carbons (Fsp3) is 0.929. The second-order valence-electron chi connectivity index (χ2n) is 5.01. The summed E-state index contributed by atoms with van der Waals surface area (Å²) in [4.78, 5) is 11.2. The number of rotatable bonds is 11. The van der Waals surface area contributed by atoms with E-state index in [0.717, 1.165) is 12.8 Å². The molecule has 0 unspecified atom stereocenters. The standard InChI is InChI=1S/C14H28O4S/c1-4-5-6-7-8-9-10-11-12-19(16,17)13(2)14(15)18-3/h13H,4-12H2,1-3H3/t13-/m0/s1. The number of carbonyl (C=O) groups is 1. The summed E-state index contributed by atoms with van der Waals surface area (Å²) in [6.07, 6.45) is 8.83. The molecule has 0 aromatic rings. The molecule has 0 N–H and O–H groups in total. The molecule has 1 atom stereocenters. The molecular formula is C14H28O4S. The zero-order valence-electron chi connectivity index (χ0n) is 12.5. The molecule has 0 aromatic carbocycles. The van der Waals surface area contributed by atoms with Gasteiger partial charge in [0.25, 0.3) is 0 Å². The maximum absolute atomic E-state index is 11.8. The first-order valence-corrected chi connectivity index (χ1v) is 8.96. The molecule has 0 aromatic heterocycles. The van der Waals surface area contributed by atoms with E-state index >= 15 is 0 Å². The van der Waals surface area contributed by atoms with Crippen molar-refractivity contribution in [3.05, 3.63) is 0 Å². The van der Waals surface area contributed by atoms with Gasteiger partial charge < -0.3 is 4.74 Å². The maximum Gasteiger partial charge on any atom is 0.323 e. The van der Waals surface area contributed by atoms with Crippen molar-refractivity contribution in [1.82, 2.24) is 0 Å². The van der Waals surface area contributed by atoms with Gasteiger partial charge in [0, 0.05) is 0 Å². The predicted molar refractivity (Wildman–Crippen MR) is 77.9 cm³/mol. The second-order valence-corrected chi connectivity index (χ2v) is 7.45. The summed E-state index contributed by atoms with van der Waals surface area (Å²) in [5.74, 6) is -0.585. The molecule has 0 saturated carbocycles. The molecule has 0 bridgehead atoms. The van der Waals surface area contributed by atoms with Crippen molar-refractivity contribution in [3.63, 3.8) is 0 Å². The van der Waals surface area contributed by atoms with Crippen molar-refractivity contribution in [2.24, 2.45) is 0 Å². The van der Waals surface area contributed by atoms with E-state index in [0.29, 0.717) is 6.42 Å². The minimum atomic E-state index is -3.35. The summed E-state index contributed by atoms with van der Waals surface area (Å²) in [7, 11) is -2.13. The fourth-order valence-electron chi connectivity index (χ4n) is 1.93. The largest absolute Gasteiger partial charge is 0.468 e. The molecule has 0 fully saturated rings. The molecule has 0 amide bonds. The SMILES string of the molecule is CCCCCCCCCCS(=O)(=O)[C@@H](C)C(=O)OC. The van der Waals surface area contributed by atoms with Crippen molar-refractivity contribution >= 4 is 15.8 Å². The van der Waals surface area contributed by atoms with Gasteiger partial charge in [-0.05, 0) is 13.3 Å². The first kappa shape index (κ1) is 18.4. The molecule has 114 valence electrons. The third kappa shape index (κ3) is 8.24. The van der Waals surface area contributed by atoms with E-state index in [1.807, 2.05) is 0 Å². The van der Waals surface area contributed by atoms with Gasteiger partial charge in [0.2, 0.25) is 0 Å². The normalized spacial score (nSPS) is 13.2. The van der Waals surface area contributed by atoms with Crippen LogP contribution in [0.1, 0.15) is 65.2 Å². The van der Waals surface area contributed by atoms with Crippen molar-refractivity contribution < 1.29 is 17.9 Å². The number of hydrogen-bond donors (Lipinski definition) is 0. The van der Waals surface area contributed by atoms with Gasteiger partial charge in [0.15, 0.2) is 15.1 Å². The number of hydrogen-bond acceptors (Lipinski definition) is 4. The van der Waals surface area contributed by atoms with E-state index < -0.39 is 21.1 Å². The molecule has 0 radical (unpaired) electrons. The Labute approximate surface area is 117 Å². The average Bonchev–Trinajstić information content (AvgIpc) is 2.39. The lowest BCUT2D eigenvalue weighted by Crippen LogP contribution is -2.30. The Morgan fingerprint density at radius 3 is 1.95 bits per heavy atom. The van der Waals surface area contributed by atoms with Gasteiger partial charge >= 0.3 is 5.97 Å². The van der Waals surface area contributed by atoms with Crippen LogP contribution in [0.25, 0.3) is 0 Å². The van der Waals surface area contributed by atoms with Crippen LogP contribution in [-0.4, -0.2) is 32.5 Å². The maximum atomic E-state index is 11.8. The van der Waals surface area contributed by atoms with Crippen molar-refractivity contribution in [1.29, 1.82) is 0 Å². The number of carbonyl (C=O) groups excluding carboxylic acids is 1. The predicted octanol–water partition coefficient (Wildman–Crippen LogP) is 3.10. The van der Waals surface area contributed by atoms with Crippen LogP contribution in [0.5, 0.6) is 0 Å². The molecule has 0 heterocycles. The summed E-state index contributed by atoms with van der Waals surface area (Å²) in [5, 5.41) is -1.04. The van der Waals surface area contributed by atoms with E-state index in [9.17, 15) is 13.2 Å². The van der Waals surface area contributed by atoms with Gasteiger partial charge in [-0.2, -0.15) is 0 Å². The van der Waals surface area contributed by atoms with E-state index in [2.05, 4.69) is 11.7 Å². The molecule has 0 rings (SSSR count). The first-order chi connectivity index (χ1) is 8.95. The van der Waals surface area contributed by atoms with Gasteiger partial charge in [-0.3, -0.25) is 4.79 Å². The van der Waals surface area contributed by atoms with Gasteiger partial charge in [-0.15, -0.1) is 0 Å². The van der Waals surface area contributed by atoms with Gasteiger partial charge in [-0.1, -0.05) is 51.9 Å². The summed E-state index contributed by atoms with van der Waals surface area (Å²) in [5.41, 5.74) is 0. The van der Waals surface area contributed by atoms with E-state index in [1.165, 1.54) is 46.1 Å². The van der Waals surface area contributed by atoms with Crippen molar-refractivity contribution in [2.75, 3.05) is 12.9 Å². The zero-order chi connectivity index (χ0) is 14.7. The highest BCUT2D eigenvalue weighted by atomic mass is 32.2. The van der Waals surface area contributed by atoms with Gasteiger partial charge in [0.05, 0.1) is 12.9 Å².